The molecule has 6 rings (SSSR count). The van der Waals surface area contributed by atoms with E-state index in [0.29, 0.717) is 25.3 Å². The van der Waals surface area contributed by atoms with E-state index in [9.17, 15) is 14.0 Å². The minimum atomic E-state index is -0.788. The van der Waals surface area contributed by atoms with E-state index in [1.807, 2.05) is 17.1 Å². The molecule has 8 heteroatoms. The lowest BCUT2D eigenvalue weighted by molar-refractivity contribution is -0.140. The molecule has 2 saturated heterocycles. The summed E-state index contributed by atoms with van der Waals surface area (Å²) in [5.41, 5.74) is 0.834. The number of hydrogen-bond acceptors (Lipinski definition) is 4. The molecule has 30 heavy (non-hydrogen) atoms. The molecule has 2 aromatic rings. The maximum absolute atomic E-state index is 13.6. The quantitative estimate of drug-likeness (QED) is 0.710. The summed E-state index contributed by atoms with van der Waals surface area (Å²) in [6.45, 7) is 2.30. The number of carbonyl (C=O) groups excluding carboxylic acids is 2. The summed E-state index contributed by atoms with van der Waals surface area (Å²) < 4.78 is 21.6. The first-order valence-corrected chi connectivity index (χ1v) is 10.3. The SMILES string of the molecule is O=C(C1C2C=CC3(CN(c4ccc(F)cc4)C(=O)C13)O2)N1CCCn2cncc2C1. The second-order valence-corrected chi connectivity index (χ2v) is 8.49. The third kappa shape index (κ3) is 2.43. The molecule has 4 unspecified atom stereocenters. The molecule has 2 bridgehead atoms. The van der Waals surface area contributed by atoms with Crippen LogP contribution in [-0.2, 0) is 27.4 Å². The lowest BCUT2D eigenvalue weighted by Crippen LogP contribution is -2.45. The van der Waals surface area contributed by atoms with Crippen LogP contribution in [0.1, 0.15) is 12.1 Å². The highest BCUT2D eigenvalue weighted by molar-refractivity contribution is 6.03. The second kappa shape index (κ2) is 6.25. The molecule has 1 spiro atoms. The fourth-order valence-corrected chi connectivity index (χ4v) is 5.41. The zero-order chi connectivity index (χ0) is 20.5. The number of fused-ring (bicyclic) bond motifs is 2. The topological polar surface area (TPSA) is 67.7 Å². The van der Waals surface area contributed by atoms with E-state index >= 15 is 0 Å². The van der Waals surface area contributed by atoms with Gasteiger partial charge in [-0.3, -0.25) is 9.59 Å². The van der Waals surface area contributed by atoms with Gasteiger partial charge < -0.3 is 19.1 Å². The average Bonchev–Trinajstić information content (AvgIpc) is 3.47. The summed E-state index contributed by atoms with van der Waals surface area (Å²) in [5.74, 6) is -1.62. The van der Waals surface area contributed by atoms with Gasteiger partial charge in [-0.1, -0.05) is 12.2 Å². The summed E-state index contributed by atoms with van der Waals surface area (Å²) >= 11 is 0. The standard InChI is InChI=1S/C22H21FN4O3/c23-14-2-4-15(5-3-14)27-12-22-7-6-17(30-22)18(19(22)21(27)29)20(28)25-8-1-9-26-13-24-10-16(26)11-25/h2-7,10,13,17-19H,1,8-9,11-12H2. The number of rotatable bonds is 2. The monoisotopic (exact) mass is 408 g/mol. The van der Waals surface area contributed by atoms with Gasteiger partial charge in [-0.15, -0.1) is 0 Å². The Labute approximate surface area is 172 Å². The number of carbonyl (C=O) groups is 2. The summed E-state index contributed by atoms with van der Waals surface area (Å²) in [6.07, 6.45) is 7.90. The molecule has 0 saturated carbocycles. The van der Waals surface area contributed by atoms with E-state index in [4.69, 9.17) is 4.74 Å². The van der Waals surface area contributed by atoms with Crippen molar-refractivity contribution in [1.82, 2.24) is 14.5 Å². The number of benzene rings is 1. The number of anilines is 1. The van der Waals surface area contributed by atoms with E-state index in [2.05, 4.69) is 9.55 Å². The summed E-state index contributed by atoms with van der Waals surface area (Å²) in [4.78, 5) is 34.7. The smallest absolute Gasteiger partial charge is 0.234 e. The first-order valence-electron chi connectivity index (χ1n) is 10.3. The highest BCUT2D eigenvalue weighted by Crippen LogP contribution is 2.53. The summed E-state index contributed by atoms with van der Waals surface area (Å²) in [5, 5.41) is 0. The van der Waals surface area contributed by atoms with E-state index < -0.39 is 17.4 Å². The molecule has 1 aromatic heterocycles. The molecule has 2 fully saturated rings. The Morgan fingerprint density at radius 3 is 2.90 bits per heavy atom. The highest BCUT2D eigenvalue weighted by atomic mass is 19.1. The van der Waals surface area contributed by atoms with Gasteiger partial charge in [0, 0.05) is 25.0 Å². The number of imidazole rings is 1. The molecule has 4 aliphatic heterocycles. The Bertz CT molecular complexity index is 1060. The number of aromatic nitrogens is 2. The van der Waals surface area contributed by atoms with Crippen molar-refractivity contribution in [2.24, 2.45) is 11.8 Å². The van der Waals surface area contributed by atoms with Gasteiger partial charge in [-0.25, -0.2) is 9.37 Å². The van der Waals surface area contributed by atoms with Gasteiger partial charge in [0.2, 0.25) is 11.8 Å². The fourth-order valence-electron chi connectivity index (χ4n) is 5.41. The summed E-state index contributed by atoms with van der Waals surface area (Å²) in [7, 11) is 0. The number of nitrogens with zero attached hydrogens (tertiary/aromatic N) is 4. The maximum Gasteiger partial charge on any atom is 0.234 e. The lowest BCUT2D eigenvalue weighted by Gasteiger charge is -2.29. The van der Waals surface area contributed by atoms with Crippen molar-refractivity contribution in [1.29, 1.82) is 0 Å². The van der Waals surface area contributed by atoms with Gasteiger partial charge in [-0.2, -0.15) is 0 Å². The van der Waals surface area contributed by atoms with Crippen LogP contribution in [0.4, 0.5) is 10.1 Å². The van der Waals surface area contributed by atoms with Gasteiger partial charge in [0.25, 0.3) is 0 Å². The van der Waals surface area contributed by atoms with Crippen LogP contribution in [0.3, 0.4) is 0 Å². The van der Waals surface area contributed by atoms with Crippen molar-refractivity contribution in [2.75, 3.05) is 18.0 Å². The Hall–Kier alpha value is -3.00. The Kier molecular flexibility index (Phi) is 3.71. The third-order valence-electron chi connectivity index (χ3n) is 6.81. The average molecular weight is 408 g/mol. The minimum absolute atomic E-state index is 0.0415. The van der Waals surface area contributed by atoms with Crippen LogP contribution in [0.15, 0.2) is 48.9 Å². The predicted octanol–water partition coefficient (Wildman–Crippen LogP) is 1.74. The Morgan fingerprint density at radius 2 is 2.07 bits per heavy atom. The van der Waals surface area contributed by atoms with Crippen molar-refractivity contribution < 1.29 is 18.7 Å². The number of hydrogen-bond donors (Lipinski definition) is 0. The molecule has 1 aromatic carbocycles. The normalized spacial score (nSPS) is 31.8. The van der Waals surface area contributed by atoms with E-state index in [1.165, 1.54) is 12.1 Å². The van der Waals surface area contributed by atoms with Crippen molar-refractivity contribution in [3.63, 3.8) is 0 Å². The van der Waals surface area contributed by atoms with Crippen molar-refractivity contribution in [3.05, 3.63) is 60.5 Å². The van der Waals surface area contributed by atoms with Crippen molar-refractivity contribution in [3.8, 4) is 0 Å². The molecule has 0 aliphatic carbocycles. The van der Waals surface area contributed by atoms with Crippen LogP contribution in [0.5, 0.6) is 0 Å². The van der Waals surface area contributed by atoms with Gasteiger partial charge in [0.15, 0.2) is 0 Å². The molecule has 4 aliphatic rings. The van der Waals surface area contributed by atoms with Crippen LogP contribution in [0.25, 0.3) is 0 Å². The number of amides is 2. The number of halogens is 1. The number of aryl methyl sites for hydroxylation is 1. The molecule has 0 N–H and O–H groups in total. The largest absolute Gasteiger partial charge is 0.360 e. The van der Waals surface area contributed by atoms with Gasteiger partial charge in [0.05, 0.1) is 43.1 Å². The lowest BCUT2D eigenvalue weighted by atomic mass is 9.76. The zero-order valence-corrected chi connectivity index (χ0v) is 16.3. The van der Waals surface area contributed by atoms with Crippen molar-refractivity contribution >= 4 is 17.5 Å². The molecule has 4 atom stereocenters. The summed E-state index contributed by atoms with van der Waals surface area (Å²) in [6, 6.07) is 5.86. The van der Waals surface area contributed by atoms with Crippen molar-refractivity contribution in [2.45, 2.75) is 31.2 Å². The van der Waals surface area contributed by atoms with Gasteiger partial charge in [-0.05, 0) is 30.7 Å². The fraction of sp³-hybridized carbons (Fsp3) is 0.409. The van der Waals surface area contributed by atoms with Crippen LogP contribution < -0.4 is 4.90 Å². The zero-order valence-electron chi connectivity index (χ0n) is 16.3. The molecular weight excluding hydrogens is 387 g/mol. The van der Waals surface area contributed by atoms with Gasteiger partial charge >= 0.3 is 0 Å². The third-order valence-corrected chi connectivity index (χ3v) is 6.81. The first-order chi connectivity index (χ1) is 14.6. The predicted molar refractivity (Wildman–Crippen MR) is 105 cm³/mol. The molecule has 154 valence electrons. The van der Waals surface area contributed by atoms with E-state index in [0.717, 1.165) is 18.7 Å². The number of ether oxygens (including phenoxy) is 1. The highest BCUT2D eigenvalue weighted by Gasteiger charge is 2.67. The molecule has 7 nitrogen and oxygen atoms in total. The van der Waals surface area contributed by atoms with Crippen LogP contribution >= 0.6 is 0 Å². The first kappa shape index (κ1) is 17.8. The maximum atomic E-state index is 13.6. The van der Waals surface area contributed by atoms with E-state index in [1.54, 1.807) is 29.6 Å². The minimum Gasteiger partial charge on any atom is -0.360 e. The van der Waals surface area contributed by atoms with E-state index in [-0.39, 0.29) is 23.7 Å². The Balaban J connectivity index is 1.31. The van der Waals surface area contributed by atoms with Crippen LogP contribution in [-0.4, -0.2) is 51.1 Å². The molecular formula is C22H21FN4O3. The van der Waals surface area contributed by atoms with Gasteiger partial charge in [0.1, 0.15) is 11.4 Å². The second-order valence-electron chi connectivity index (χ2n) is 8.49. The van der Waals surface area contributed by atoms with Crippen LogP contribution in [0, 0.1) is 17.7 Å². The molecule has 5 heterocycles. The molecule has 2 amide bonds. The Morgan fingerprint density at radius 1 is 1.23 bits per heavy atom. The molecule has 0 radical (unpaired) electrons. The van der Waals surface area contributed by atoms with Crippen LogP contribution in [0.2, 0.25) is 0 Å².